The molecule has 2 nitrogen and oxygen atoms in total. The second-order valence-corrected chi connectivity index (χ2v) is 6.12. The van der Waals surface area contributed by atoms with Crippen molar-refractivity contribution in [1.29, 1.82) is 0 Å². The Labute approximate surface area is 132 Å². The quantitative estimate of drug-likeness (QED) is 0.729. The first-order valence-corrected chi connectivity index (χ1v) is 7.78. The lowest BCUT2D eigenvalue weighted by Gasteiger charge is -2.07. The van der Waals surface area contributed by atoms with Crippen LogP contribution in [0.2, 0.25) is 0 Å². The lowest BCUT2D eigenvalue weighted by atomic mass is 10.0. The zero-order valence-corrected chi connectivity index (χ0v) is 13.7. The Morgan fingerprint density at radius 2 is 1.95 bits per heavy atom. The van der Waals surface area contributed by atoms with Crippen molar-refractivity contribution in [2.45, 2.75) is 20.8 Å². The molecule has 0 N–H and O–H groups in total. The topological polar surface area (TPSA) is 15.9 Å². The van der Waals surface area contributed by atoms with Crippen LogP contribution in [0.3, 0.4) is 0 Å². The molecule has 1 aliphatic heterocycles. The molecule has 112 valence electrons. The predicted octanol–water partition coefficient (Wildman–Crippen LogP) is 5.09. The third-order valence-corrected chi connectivity index (χ3v) is 3.80. The highest BCUT2D eigenvalue weighted by Crippen LogP contribution is 2.32. The van der Waals surface area contributed by atoms with Crippen molar-refractivity contribution in [3.8, 4) is 0 Å². The molecule has 2 aromatic rings. The van der Waals surface area contributed by atoms with Gasteiger partial charge >= 0.3 is 0 Å². The van der Waals surface area contributed by atoms with Crippen LogP contribution >= 0.6 is 0 Å². The Hall–Kier alpha value is -2.35. The van der Waals surface area contributed by atoms with Crippen molar-refractivity contribution < 1.29 is 0 Å². The van der Waals surface area contributed by atoms with E-state index in [0.29, 0.717) is 5.92 Å². The number of benzene rings is 1. The van der Waals surface area contributed by atoms with Crippen LogP contribution in [0.4, 0.5) is 0 Å². The van der Waals surface area contributed by atoms with Gasteiger partial charge in [0.15, 0.2) is 0 Å². The fraction of sp³-hybridized carbons (Fsp3) is 0.250. The Bertz CT molecular complexity index is 794. The van der Waals surface area contributed by atoms with Gasteiger partial charge in [0, 0.05) is 30.4 Å². The van der Waals surface area contributed by atoms with Gasteiger partial charge in [0.25, 0.3) is 0 Å². The minimum Gasteiger partial charge on any atom is -0.347 e. The van der Waals surface area contributed by atoms with E-state index < -0.39 is 0 Å². The van der Waals surface area contributed by atoms with Crippen LogP contribution in [0, 0.1) is 5.92 Å². The second kappa shape index (κ2) is 5.80. The summed E-state index contributed by atoms with van der Waals surface area (Å²) < 4.78 is 0. The maximum absolute atomic E-state index is 4.64. The van der Waals surface area contributed by atoms with Gasteiger partial charge in [-0.1, -0.05) is 44.2 Å². The molecule has 0 atom stereocenters. The fourth-order valence-corrected chi connectivity index (χ4v) is 2.66. The highest BCUT2D eigenvalue weighted by molar-refractivity contribution is 5.89. The van der Waals surface area contributed by atoms with Crippen LogP contribution in [0.25, 0.3) is 22.0 Å². The zero-order valence-electron chi connectivity index (χ0n) is 13.7. The second-order valence-electron chi connectivity index (χ2n) is 6.12. The van der Waals surface area contributed by atoms with Gasteiger partial charge < -0.3 is 4.90 Å². The number of aromatic nitrogens is 1. The van der Waals surface area contributed by atoms with E-state index in [0.717, 1.165) is 5.69 Å². The van der Waals surface area contributed by atoms with Gasteiger partial charge in [0.05, 0.1) is 11.4 Å². The number of nitrogens with zero attached hydrogens (tertiary/aromatic N) is 2. The van der Waals surface area contributed by atoms with E-state index in [-0.39, 0.29) is 0 Å². The predicted molar refractivity (Wildman–Crippen MR) is 95.1 cm³/mol. The molecular weight excluding hydrogens is 268 g/mol. The summed E-state index contributed by atoms with van der Waals surface area (Å²) in [7, 11) is 2.08. The average molecular weight is 290 g/mol. The fourth-order valence-electron chi connectivity index (χ4n) is 2.66. The highest BCUT2D eigenvalue weighted by atomic mass is 15.2. The van der Waals surface area contributed by atoms with Crippen LogP contribution in [0.1, 0.15) is 32.0 Å². The maximum Gasteiger partial charge on any atom is 0.0705 e. The minimum atomic E-state index is 0.500. The Morgan fingerprint density at radius 3 is 2.59 bits per heavy atom. The monoisotopic (exact) mass is 290 g/mol. The molecule has 2 heteroatoms. The number of allylic oxidation sites excluding steroid dienone is 4. The molecule has 2 heterocycles. The van der Waals surface area contributed by atoms with E-state index in [1.807, 2.05) is 13.1 Å². The van der Waals surface area contributed by atoms with E-state index in [1.54, 1.807) is 0 Å². The molecule has 0 unspecified atom stereocenters. The maximum atomic E-state index is 4.64. The van der Waals surface area contributed by atoms with Gasteiger partial charge in [-0.05, 0) is 35.9 Å². The molecule has 0 fully saturated rings. The summed E-state index contributed by atoms with van der Waals surface area (Å²) in [5, 5.41) is 2.42. The number of pyridine rings is 1. The highest BCUT2D eigenvalue weighted by Gasteiger charge is 2.17. The molecule has 0 amide bonds. The smallest absolute Gasteiger partial charge is 0.0705 e. The molecular formula is C20H22N2. The van der Waals surface area contributed by atoms with Crippen molar-refractivity contribution in [3.63, 3.8) is 0 Å². The zero-order chi connectivity index (χ0) is 15.7. The number of rotatable bonds is 4. The van der Waals surface area contributed by atoms with Crippen molar-refractivity contribution >= 4 is 22.0 Å². The van der Waals surface area contributed by atoms with Gasteiger partial charge in [0.1, 0.15) is 0 Å². The van der Waals surface area contributed by atoms with Crippen LogP contribution < -0.4 is 0 Å². The van der Waals surface area contributed by atoms with Crippen molar-refractivity contribution in [2.24, 2.45) is 5.92 Å². The van der Waals surface area contributed by atoms with Gasteiger partial charge in [-0.25, -0.2) is 0 Å². The average Bonchev–Trinajstić information content (AvgIpc) is 3.22. The van der Waals surface area contributed by atoms with Crippen LogP contribution in [-0.4, -0.2) is 16.9 Å². The molecule has 22 heavy (non-hydrogen) atoms. The Morgan fingerprint density at radius 1 is 1.18 bits per heavy atom. The molecule has 1 aliphatic rings. The number of hydrogen-bond donors (Lipinski definition) is 0. The summed E-state index contributed by atoms with van der Waals surface area (Å²) in [6.07, 6.45) is 10.6. The molecule has 0 spiro atoms. The molecule has 1 aromatic heterocycles. The summed E-state index contributed by atoms with van der Waals surface area (Å²) in [5.74, 6) is 0.500. The first-order valence-electron chi connectivity index (χ1n) is 7.78. The number of hydrogen-bond acceptors (Lipinski definition) is 2. The molecule has 1 aromatic carbocycles. The van der Waals surface area contributed by atoms with Crippen molar-refractivity contribution in [1.82, 2.24) is 9.88 Å². The number of fused-ring (bicyclic) bond motifs is 1. The first-order chi connectivity index (χ1) is 10.6. The summed E-state index contributed by atoms with van der Waals surface area (Å²) >= 11 is 0. The van der Waals surface area contributed by atoms with E-state index >= 15 is 0 Å². The summed E-state index contributed by atoms with van der Waals surface area (Å²) in [6, 6.07) is 8.75. The lowest BCUT2D eigenvalue weighted by molar-refractivity contribution is 0.777. The Kier molecular flexibility index (Phi) is 3.84. The first kappa shape index (κ1) is 14.6. The molecule has 0 aliphatic carbocycles. The van der Waals surface area contributed by atoms with E-state index in [9.17, 15) is 0 Å². The van der Waals surface area contributed by atoms with Crippen molar-refractivity contribution in [2.75, 3.05) is 7.05 Å². The summed E-state index contributed by atoms with van der Waals surface area (Å²) in [5.41, 5.74) is 4.79. The van der Waals surface area contributed by atoms with E-state index in [4.69, 9.17) is 0 Å². The van der Waals surface area contributed by atoms with Crippen LogP contribution in [0.5, 0.6) is 0 Å². The molecule has 0 saturated carbocycles. The summed E-state index contributed by atoms with van der Waals surface area (Å²) in [4.78, 5) is 6.79. The van der Waals surface area contributed by atoms with Crippen molar-refractivity contribution in [3.05, 3.63) is 66.1 Å². The Balaban J connectivity index is 2.05. The van der Waals surface area contributed by atoms with Gasteiger partial charge in [-0.2, -0.15) is 0 Å². The SMILES string of the molecule is C/C=C\C(=C/C(C)C)c1cc2cc(C3=CN3C)ccc2cn1. The molecule has 0 radical (unpaired) electrons. The van der Waals surface area contributed by atoms with Gasteiger partial charge in [-0.15, -0.1) is 0 Å². The molecule has 0 bridgehead atoms. The molecule has 3 rings (SSSR count). The van der Waals surface area contributed by atoms with Crippen LogP contribution in [0.15, 0.2) is 54.9 Å². The van der Waals surface area contributed by atoms with E-state index in [2.05, 4.69) is 79.5 Å². The third-order valence-electron chi connectivity index (χ3n) is 3.80. The largest absolute Gasteiger partial charge is 0.347 e. The van der Waals surface area contributed by atoms with Gasteiger partial charge in [-0.3, -0.25) is 4.98 Å². The summed E-state index contributed by atoms with van der Waals surface area (Å²) in [6.45, 7) is 6.43. The lowest BCUT2D eigenvalue weighted by Crippen LogP contribution is -1.92. The van der Waals surface area contributed by atoms with E-state index in [1.165, 1.54) is 27.6 Å². The normalized spacial score (nSPS) is 15.0. The third kappa shape index (κ3) is 2.96. The standard InChI is InChI=1S/C20H22N2/c1-5-6-15(9-14(2)3)19-11-18-10-16(20-13-22(20)4)7-8-17(18)12-21-19/h5-14H,1-4H3/b6-5-,15-9+. The molecule has 0 saturated heterocycles. The van der Waals surface area contributed by atoms with Crippen LogP contribution in [-0.2, 0) is 0 Å². The minimum absolute atomic E-state index is 0.500. The van der Waals surface area contributed by atoms with Gasteiger partial charge in [0.2, 0.25) is 0 Å².